The van der Waals surface area contributed by atoms with Gasteiger partial charge in [0, 0.05) is 18.7 Å². The van der Waals surface area contributed by atoms with Crippen LogP contribution in [-0.2, 0) is 16.1 Å². The number of amides is 2. The number of benzene rings is 1. The summed E-state index contributed by atoms with van der Waals surface area (Å²) in [5, 5.41) is 2.92. The molecule has 2 unspecified atom stereocenters. The van der Waals surface area contributed by atoms with Crippen LogP contribution in [0.5, 0.6) is 0 Å². The molecule has 0 spiro atoms. The van der Waals surface area contributed by atoms with Gasteiger partial charge < -0.3 is 16.0 Å². The van der Waals surface area contributed by atoms with E-state index < -0.39 is 12.1 Å². The number of carbonyl (C=O) groups excluding carboxylic acids is 2. The predicted molar refractivity (Wildman–Crippen MR) is 110 cm³/mol. The maximum atomic E-state index is 12.7. The summed E-state index contributed by atoms with van der Waals surface area (Å²) in [7, 11) is 0. The molecular formula is C22H33N3O2. The molecule has 0 aliphatic carbocycles. The van der Waals surface area contributed by atoms with Gasteiger partial charge >= 0.3 is 0 Å². The molecule has 1 aliphatic heterocycles. The first kappa shape index (κ1) is 22.7. The summed E-state index contributed by atoms with van der Waals surface area (Å²) >= 11 is 0. The molecule has 1 aromatic rings. The first-order chi connectivity index (χ1) is 12.7. The van der Waals surface area contributed by atoms with Gasteiger partial charge in [-0.15, -0.1) is 6.42 Å². The zero-order valence-corrected chi connectivity index (χ0v) is 17.2. The third-order valence-electron chi connectivity index (χ3n) is 4.62. The van der Waals surface area contributed by atoms with Crippen molar-refractivity contribution in [1.29, 1.82) is 0 Å². The lowest BCUT2D eigenvalue weighted by Crippen LogP contribution is -2.54. The number of hydrogen-bond donors (Lipinski definition) is 2. The van der Waals surface area contributed by atoms with Crippen LogP contribution < -0.4 is 11.1 Å². The number of rotatable bonds is 4. The highest BCUT2D eigenvalue weighted by atomic mass is 16.2. The van der Waals surface area contributed by atoms with Crippen LogP contribution in [0.15, 0.2) is 24.3 Å². The summed E-state index contributed by atoms with van der Waals surface area (Å²) in [4.78, 5) is 26.8. The smallest absolute Gasteiger partial charge is 0.243 e. The fourth-order valence-corrected chi connectivity index (χ4v) is 2.88. The Morgan fingerprint density at radius 2 is 1.89 bits per heavy atom. The number of hydrogen-bond acceptors (Lipinski definition) is 3. The topological polar surface area (TPSA) is 75.4 Å². The molecule has 1 fully saturated rings. The standard InChI is InChI=1S/C20H27N3O2.C2H6/c1-5-14-8-10-15(11-9-14)13-22-18(24)16-7-6-12-23(16)19(25)17(21)20(2,3)4;1-2/h1,8-11,16-17H,6-7,12-13,21H2,2-4H3,(H,22,24);1-2H3. The van der Waals surface area contributed by atoms with E-state index in [0.717, 1.165) is 17.5 Å². The molecule has 148 valence electrons. The highest BCUT2D eigenvalue weighted by Gasteiger charge is 2.39. The van der Waals surface area contributed by atoms with Crippen molar-refractivity contribution >= 4 is 11.8 Å². The molecule has 0 aromatic heterocycles. The highest BCUT2D eigenvalue weighted by Crippen LogP contribution is 2.24. The fraction of sp³-hybridized carbons (Fsp3) is 0.545. The molecule has 0 bridgehead atoms. The van der Waals surface area contributed by atoms with E-state index in [-0.39, 0.29) is 17.2 Å². The van der Waals surface area contributed by atoms with Crippen LogP contribution in [0.3, 0.4) is 0 Å². The van der Waals surface area contributed by atoms with Gasteiger partial charge in [0.25, 0.3) is 0 Å². The van der Waals surface area contributed by atoms with E-state index in [1.165, 1.54) is 0 Å². The molecule has 2 amide bonds. The van der Waals surface area contributed by atoms with E-state index >= 15 is 0 Å². The van der Waals surface area contributed by atoms with E-state index in [1.54, 1.807) is 4.90 Å². The van der Waals surface area contributed by atoms with E-state index in [9.17, 15) is 9.59 Å². The average molecular weight is 372 g/mol. The molecule has 5 heteroatoms. The van der Waals surface area contributed by atoms with Crippen LogP contribution in [0.4, 0.5) is 0 Å². The second-order valence-corrected chi connectivity index (χ2v) is 7.59. The van der Waals surface area contributed by atoms with E-state index in [1.807, 2.05) is 58.9 Å². The van der Waals surface area contributed by atoms with E-state index in [2.05, 4.69) is 11.2 Å². The minimum absolute atomic E-state index is 0.131. The highest BCUT2D eigenvalue weighted by molar-refractivity contribution is 5.90. The molecule has 2 rings (SSSR count). The second kappa shape index (κ2) is 10.1. The quantitative estimate of drug-likeness (QED) is 0.799. The van der Waals surface area contributed by atoms with Gasteiger partial charge in [-0.1, -0.05) is 52.7 Å². The van der Waals surface area contributed by atoms with Gasteiger partial charge in [0.1, 0.15) is 6.04 Å². The minimum atomic E-state index is -0.614. The van der Waals surface area contributed by atoms with E-state index in [4.69, 9.17) is 12.2 Å². The summed E-state index contributed by atoms with van der Waals surface area (Å²) in [6.07, 6.45) is 6.82. The monoisotopic (exact) mass is 371 g/mol. The van der Waals surface area contributed by atoms with Gasteiger partial charge in [-0.05, 0) is 36.0 Å². The molecule has 1 heterocycles. The van der Waals surface area contributed by atoms with Gasteiger partial charge in [0.2, 0.25) is 11.8 Å². The van der Waals surface area contributed by atoms with Gasteiger partial charge in [-0.3, -0.25) is 9.59 Å². The first-order valence-electron chi connectivity index (χ1n) is 9.63. The van der Waals surface area contributed by atoms with Gasteiger partial charge in [0.05, 0.1) is 6.04 Å². The maximum Gasteiger partial charge on any atom is 0.243 e. The summed E-state index contributed by atoms with van der Waals surface area (Å²) in [5.41, 5.74) is 7.53. The van der Waals surface area contributed by atoms with Gasteiger partial charge in [-0.2, -0.15) is 0 Å². The zero-order valence-electron chi connectivity index (χ0n) is 17.2. The van der Waals surface area contributed by atoms with Crippen molar-refractivity contribution in [3.63, 3.8) is 0 Å². The minimum Gasteiger partial charge on any atom is -0.350 e. The average Bonchev–Trinajstić information content (AvgIpc) is 3.16. The Labute approximate surface area is 163 Å². The SMILES string of the molecule is C#Cc1ccc(CNC(=O)C2CCCN2C(=O)C(N)C(C)(C)C)cc1.CC. The lowest BCUT2D eigenvalue weighted by Gasteiger charge is -2.32. The van der Waals surface area contributed by atoms with Crippen LogP contribution in [0.2, 0.25) is 0 Å². The van der Waals surface area contributed by atoms with Gasteiger partial charge in [0.15, 0.2) is 0 Å². The number of nitrogens with zero attached hydrogens (tertiary/aromatic N) is 1. The predicted octanol–water partition coefficient (Wildman–Crippen LogP) is 2.67. The largest absolute Gasteiger partial charge is 0.350 e. The molecule has 1 aliphatic rings. The number of carbonyl (C=O) groups is 2. The van der Waals surface area contributed by atoms with Crippen LogP contribution in [-0.4, -0.2) is 35.3 Å². The fourth-order valence-electron chi connectivity index (χ4n) is 2.88. The summed E-state index contributed by atoms with van der Waals surface area (Å²) in [6.45, 7) is 10.8. The van der Waals surface area contributed by atoms with Crippen LogP contribution >= 0.6 is 0 Å². The molecule has 2 atom stereocenters. The third-order valence-corrected chi connectivity index (χ3v) is 4.62. The van der Waals surface area contributed by atoms with Crippen molar-refractivity contribution in [2.45, 2.75) is 66.1 Å². The Balaban J connectivity index is 0.00000176. The van der Waals surface area contributed by atoms with Crippen molar-refractivity contribution < 1.29 is 9.59 Å². The number of terminal acetylenes is 1. The molecule has 1 aromatic carbocycles. The number of nitrogens with two attached hydrogens (primary N) is 1. The van der Waals surface area contributed by atoms with Crippen LogP contribution in [0.25, 0.3) is 0 Å². The Bertz CT molecular complexity index is 668. The Morgan fingerprint density at radius 1 is 1.30 bits per heavy atom. The summed E-state index contributed by atoms with van der Waals surface area (Å²) in [6, 6.07) is 6.42. The lowest BCUT2D eigenvalue weighted by atomic mass is 9.86. The number of nitrogens with one attached hydrogen (secondary N) is 1. The molecule has 3 N–H and O–H groups in total. The summed E-state index contributed by atoms with van der Waals surface area (Å²) < 4.78 is 0. The molecule has 27 heavy (non-hydrogen) atoms. The van der Waals surface area contributed by atoms with Crippen molar-refractivity contribution in [2.24, 2.45) is 11.1 Å². The molecular weight excluding hydrogens is 338 g/mol. The first-order valence-corrected chi connectivity index (χ1v) is 9.63. The zero-order chi connectivity index (χ0) is 20.6. The summed E-state index contributed by atoms with van der Waals surface area (Å²) in [5.74, 6) is 2.28. The molecule has 0 radical (unpaired) electrons. The maximum absolute atomic E-state index is 12.7. The second-order valence-electron chi connectivity index (χ2n) is 7.59. The Hall–Kier alpha value is -2.32. The molecule has 1 saturated heterocycles. The van der Waals surface area contributed by atoms with Crippen LogP contribution in [0, 0.1) is 17.8 Å². The van der Waals surface area contributed by atoms with Gasteiger partial charge in [-0.25, -0.2) is 0 Å². The Kier molecular flexibility index (Phi) is 8.52. The van der Waals surface area contributed by atoms with Crippen LogP contribution in [0.1, 0.15) is 58.6 Å². The molecule has 0 saturated carbocycles. The third kappa shape index (κ3) is 6.11. The number of likely N-dealkylation sites (tertiary alicyclic amines) is 1. The van der Waals surface area contributed by atoms with E-state index in [0.29, 0.717) is 19.5 Å². The van der Waals surface area contributed by atoms with Crippen molar-refractivity contribution in [3.8, 4) is 12.3 Å². The normalized spacial score (nSPS) is 17.4. The van der Waals surface area contributed by atoms with Crippen molar-refractivity contribution in [1.82, 2.24) is 10.2 Å². The van der Waals surface area contributed by atoms with Crippen molar-refractivity contribution in [3.05, 3.63) is 35.4 Å². The van der Waals surface area contributed by atoms with Crippen molar-refractivity contribution in [2.75, 3.05) is 6.54 Å². The lowest BCUT2D eigenvalue weighted by molar-refractivity contribution is -0.141. The molecule has 5 nitrogen and oxygen atoms in total. The Morgan fingerprint density at radius 3 is 2.41 bits per heavy atom.